The van der Waals surface area contributed by atoms with E-state index in [0.29, 0.717) is 12.2 Å². The van der Waals surface area contributed by atoms with E-state index in [1.54, 1.807) is 0 Å². The fraction of sp³-hybridized carbons (Fsp3) is 0.300. The van der Waals surface area contributed by atoms with Gasteiger partial charge in [-0.15, -0.1) is 0 Å². The topological polar surface area (TPSA) is 74.8 Å². The minimum absolute atomic E-state index is 0.105. The van der Waals surface area contributed by atoms with Gasteiger partial charge in [0, 0.05) is 17.2 Å². The number of H-pyrrole nitrogens is 1. The highest BCUT2D eigenvalue weighted by Crippen LogP contribution is 2.41. The average molecular weight is 203 g/mol. The van der Waals surface area contributed by atoms with Gasteiger partial charge in [0.25, 0.3) is 0 Å². The zero-order valence-corrected chi connectivity index (χ0v) is 8.13. The maximum Gasteiger partial charge on any atom is 0.347 e. The Morgan fingerprint density at radius 3 is 3.07 bits per heavy atom. The van der Waals surface area contributed by atoms with Crippen LogP contribution in [-0.4, -0.2) is 15.9 Å². The number of anilines is 1. The van der Waals surface area contributed by atoms with Crippen LogP contribution in [0.3, 0.4) is 0 Å². The first-order valence-corrected chi connectivity index (χ1v) is 4.80. The highest BCUT2D eigenvalue weighted by Gasteiger charge is 2.30. The summed E-state index contributed by atoms with van der Waals surface area (Å²) in [6.07, 6.45) is 2.38. The molecule has 1 aliphatic heterocycles. The van der Waals surface area contributed by atoms with Crippen molar-refractivity contribution in [2.45, 2.75) is 19.3 Å². The van der Waals surface area contributed by atoms with Gasteiger partial charge in [-0.05, 0) is 5.57 Å². The van der Waals surface area contributed by atoms with Crippen LogP contribution in [0.5, 0.6) is 0 Å². The number of nitrogens with zero attached hydrogens (tertiary/aromatic N) is 1. The molecule has 76 valence electrons. The molecule has 2 aliphatic rings. The van der Waals surface area contributed by atoms with Crippen LogP contribution >= 0.6 is 0 Å². The Morgan fingerprint density at radius 1 is 1.47 bits per heavy atom. The zero-order chi connectivity index (χ0) is 10.6. The molecule has 1 aromatic heterocycles. The van der Waals surface area contributed by atoms with Crippen LogP contribution in [0.1, 0.15) is 30.5 Å². The molecule has 15 heavy (non-hydrogen) atoms. The lowest BCUT2D eigenvalue weighted by atomic mass is 10.0. The van der Waals surface area contributed by atoms with E-state index in [1.165, 1.54) is 0 Å². The van der Waals surface area contributed by atoms with Crippen LogP contribution in [0.15, 0.2) is 10.9 Å². The van der Waals surface area contributed by atoms with Gasteiger partial charge in [0.15, 0.2) is 0 Å². The normalized spacial score (nSPS) is 22.1. The van der Waals surface area contributed by atoms with Crippen LogP contribution in [0.25, 0.3) is 5.57 Å². The van der Waals surface area contributed by atoms with Crippen molar-refractivity contribution in [3.8, 4) is 0 Å². The Hall–Kier alpha value is -1.91. The molecule has 5 nitrogen and oxygen atoms in total. The Balaban J connectivity index is 2.35. The Morgan fingerprint density at radius 2 is 2.27 bits per heavy atom. The molecule has 0 saturated carbocycles. The van der Waals surface area contributed by atoms with Gasteiger partial charge in [0.2, 0.25) is 5.91 Å². The summed E-state index contributed by atoms with van der Waals surface area (Å²) in [4.78, 5) is 29.1. The largest absolute Gasteiger partial charge is 0.347 e. The van der Waals surface area contributed by atoms with E-state index in [1.807, 2.05) is 13.0 Å². The first kappa shape index (κ1) is 8.40. The molecule has 0 bridgehead atoms. The Labute approximate surface area is 85.2 Å². The van der Waals surface area contributed by atoms with E-state index in [4.69, 9.17) is 0 Å². The second kappa shape index (κ2) is 2.56. The van der Waals surface area contributed by atoms with E-state index in [2.05, 4.69) is 15.3 Å². The predicted octanol–water partition coefficient (Wildman–Crippen LogP) is 0.613. The number of amides is 1. The summed E-state index contributed by atoms with van der Waals surface area (Å²) in [6, 6.07) is 0. The molecule has 1 amide bonds. The molecule has 0 spiro atoms. The summed E-state index contributed by atoms with van der Waals surface area (Å²) < 4.78 is 0. The fourth-order valence-electron chi connectivity index (χ4n) is 2.21. The van der Waals surface area contributed by atoms with Crippen molar-refractivity contribution in [2.24, 2.45) is 0 Å². The Kier molecular flexibility index (Phi) is 1.44. The SMILES string of the molecule is CC1C=C2CC(=O)Nc3nc(=O)[nH]c1c32. The van der Waals surface area contributed by atoms with E-state index < -0.39 is 5.69 Å². The van der Waals surface area contributed by atoms with Gasteiger partial charge in [-0.3, -0.25) is 4.79 Å². The van der Waals surface area contributed by atoms with Crippen LogP contribution < -0.4 is 11.0 Å². The van der Waals surface area contributed by atoms with Gasteiger partial charge in [-0.2, -0.15) is 4.98 Å². The van der Waals surface area contributed by atoms with Crippen molar-refractivity contribution in [1.29, 1.82) is 0 Å². The summed E-state index contributed by atoms with van der Waals surface area (Å²) in [5.74, 6) is 0.449. The molecule has 1 aromatic rings. The van der Waals surface area contributed by atoms with Gasteiger partial charge >= 0.3 is 5.69 Å². The highest BCUT2D eigenvalue weighted by molar-refractivity contribution is 6.05. The molecule has 0 saturated heterocycles. The number of carbonyl (C=O) groups is 1. The van der Waals surface area contributed by atoms with Crippen LogP contribution in [0.2, 0.25) is 0 Å². The van der Waals surface area contributed by atoms with Gasteiger partial charge in [0.05, 0.1) is 6.42 Å². The van der Waals surface area contributed by atoms with Gasteiger partial charge in [-0.1, -0.05) is 13.0 Å². The van der Waals surface area contributed by atoms with E-state index in [-0.39, 0.29) is 11.8 Å². The molecule has 2 heterocycles. The number of carbonyl (C=O) groups excluding carboxylic acids is 1. The second-order valence-electron chi connectivity index (χ2n) is 3.88. The molecule has 1 aliphatic carbocycles. The molecule has 2 N–H and O–H groups in total. The number of allylic oxidation sites excluding steroid dienone is 1. The third-order valence-corrected chi connectivity index (χ3v) is 2.80. The number of rotatable bonds is 0. The van der Waals surface area contributed by atoms with Crippen LogP contribution in [-0.2, 0) is 4.79 Å². The standard InChI is InChI=1S/C10H9N3O2/c1-4-2-5-3-6(14)11-9-7(5)8(4)12-10(15)13-9/h2,4H,3H2,1H3,(H2,11,12,13,14,15). The van der Waals surface area contributed by atoms with Gasteiger partial charge in [-0.25, -0.2) is 4.79 Å². The quantitative estimate of drug-likeness (QED) is 0.648. The Bertz CT molecular complexity index is 556. The molecular weight excluding hydrogens is 194 g/mol. The van der Waals surface area contributed by atoms with Crippen molar-refractivity contribution in [1.82, 2.24) is 9.97 Å². The maximum atomic E-state index is 11.3. The second-order valence-corrected chi connectivity index (χ2v) is 3.88. The average Bonchev–Trinajstić information content (AvgIpc) is 2.43. The summed E-state index contributed by atoms with van der Waals surface area (Å²) >= 11 is 0. The molecule has 0 aromatic carbocycles. The van der Waals surface area contributed by atoms with Crippen molar-refractivity contribution in [3.63, 3.8) is 0 Å². The van der Waals surface area contributed by atoms with Gasteiger partial charge < -0.3 is 10.3 Å². The molecule has 0 radical (unpaired) electrons. The minimum atomic E-state index is -0.410. The lowest BCUT2D eigenvalue weighted by Gasteiger charge is -2.16. The maximum absolute atomic E-state index is 11.3. The predicted molar refractivity (Wildman–Crippen MR) is 54.5 cm³/mol. The summed E-state index contributed by atoms with van der Waals surface area (Å²) in [5, 5.41) is 2.62. The van der Waals surface area contributed by atoms with Crippen molar-refractivity contribution < 1.29 is 4.79 Å². The highest BCUT2D eigenvalue weighted by atomic mass is 16.2. The third-order valence-electron chi connectivity index (χ3n) is 2.80. The monoisotopic (exact) mass is 203 g/mol. The lowest BCUT2D eigenvalue weighted by Crippen LogP contribution is -2.24. The molecular formula is C10H9N3O2. The van der Waals surface area contributed by atoms with Crippen molar-refractivity contribution in [3.05, 3.63) is 27.8 Å². The molecule has 1 atom stereocenters. The summed E-state index contributed by atoms with van der Waals surface area (Å²) in [7, 11) is 0. The fourth-order valence-corrected chi connectivity index (χ4v) is 2.21. The number of hydrogen-bond acceptors (Lipinski definition) is 3. The first-order valence-electron chi connectivity index (χ1n) is 4.80. The third kappa shape index (κ3) is 1.06. The molecule has 3 rings (SSSR count). The van der Waals surface area contributed by atoms with Gasteiger partial charge in [0.1, 0.15) is 5.82 Å². The zero-order valence-electron chi connectivity index (χ0n) is 8.13. The molecule has 5 heteroatoms. The number of hydrogen-bond donors (Lipinski definition) is 2. The van der Waals surface area contributed by atoms with E-state index >= 15 is 0 Å². The van der Waals surface area contributed by atoms with Crippen LogP contribution in [0.4, 0.5) is 5.82 Å². The summed E-state index contributed by atoms with van der Waals surface area (Å²) in [6.45, 7) is 1.99. The molecule has 1 unspecified atom stereocenters. The van der Waals surface area contributed by atoms with E-state index in [9.17, 15) is 9.59 Å². The van der Waals surface area contributed by atoms with Crippen molar-refractivity contribution in [2.75, 3.05) is 5.32 Å². The minimum Gasteiger partial charge on any atom is -0.310 e. The van der Waals surface area contributed by atoms with Crippen molar-refractivity contribution >= 4 is 17.3 Å². The van der Waals surface area contributed by atoms with E-state index in [0.717, 1.165) is 16.8 Å². The first-order chi connectivity index (χ1) is 7.15. The van der Waals surface area contributed by atoms with Crippen LogP contribution in [0, 0.1) is 0 Å². The number of aromatic amines is 1. The number of aromatic nitrogens is 2. The summed E-state index contributed by atoms with van der Waals surface area (Å²) in [5.41, 5.74) is 2.33. The number of nitrogens with one attached hydrogen (secondary N) is 2. The lowest BCUT2D eigenvalue weighted by molar-refractivity contribution is -0.115. The molecule has 0 fully saturated rings. The smallest absolute Gasteiger partial charge is 0.310 e.